The molecule has 0 aromatic carbocycles. The molecule has 0 atom stereocenters. The molecule has 30 heavy (non-hydrogen) atoms. The molecule has 0 radical (unpaired) electrons. The molecule has 1 saturated heterocycles. The van der Waals surface area contributed by atoms with Crippen LogP contribution in [0.4, 0.5) is 11.5 Å². The molecular formula is C21H27N5O3S. The van der Waals surface area contributed by atoms with Crippen molar-refractivity contribution >= 4 is 21.5 Å². The molecule has 2 aromatic heterocycles. The maximum Gasteiger partial charge on any atom is 0.232 e. The topological polar surface area (TPSA) is 97.3 Å². The molecular weight excluding hydrogens is 402 g/mol. The number of unbranched alkanes of at least 4 members (excludes halogenated alkanes) is 1. The monoisotopic (exact) mass is 429 g/mol. The average Bonchev–Trinajstić information content (AvgIpc) is 2.74. The van der Waals surface area contributed by atoms with Crippen molar-refractivity contribution in [2.75, 3.05) is 41.7 Å². The number of anilines is 2. The third kappa shape index (κ3) is 5.68. The van der Waals surface area contributed by atoms with Gasteiger partial charge in [0.2, 0.25) is 10.0 Å². The third-order valence-corrected chi connectivity index (χ3v) is 6.14. The number of hydrogen-bond acceptors (Lipinski definition) is 7. The van der Waals surface area contributed by atoms with E-state index < -0.39 is 10.0 Å². The van der Waals surface area contributed by atoms with Crippen LogP contribution in [0, 0.1) is 25.7 Å². The molecule has 3 heterocycles. The van der Waals surface area contributed by atoms with Crippen LogP contribution in [0.25, 0.3) is 0 Å². The minimum atomic E-state index is -3.41. The lowest BCUT2D eigenvalue weighted by Crippen LogP contribution is -2.37. The summed E-state index contributed by atoms with van der Waals surface area (Å²) >= 11 is 0. The van der Waals surface area contributed by atoms with E-state index in [-0.39, 0.29) is 5.75 Å². The fourth-order valence-electron chi connectivity index (χ4n) is 3.01. The van der Waals surface area contributed by atoms with Crippen LogP contribution in [0.1, 0.15) is 42.3 Å². The average molecular weight is 430 g/mol. The molecule has 0 saturated carbocycles. The first-order chi connectivity index (χ1) is 14.4. The zero-order valence-corrected chi connectivity index (χ0v) is 18.4. The molecule has 1 aliphatic heterocycles. The van der Waals surface area contributed by atoms with Crippen LogP contribution in [0.2, 0.25) is 0 Å². The number of morpholine rings is 1. The van der Waals surface area contributed by atoms with Crippen molar-refractivity contribution in [2.24, 2.45) is 0 Å². The van der Waals surface area contributed by atoms with E-state index in [1.165, 1.54) is 0 Å². The lowest BCUT2D eigenvalue weighted by Gasteiger charge is -2.28. The first kappa shape index (κ1) is 22.0. The molecule has 0 unspecified atom stereocenters. The molecule has 0 aliphatic carbocycles. The second-order valence-electron chi connectivity index (χ2n) is 7.14. The number of sulfonamides is 1. The number of nitrogens with one attached hydrogen (secondary N) is 1. The molecule has 9 heteroatoms. The highest BCUT2D eigenvalue weighted by atomic mass is 32.2. The largest absolute Gasteiger partial charge is 0.378 e. The van der Waals surface area contributed by atoms with E-state index in [9.17, 15) is 8.42 Å². The minimum absolute atomic E-state index is 0.0856. The number of ether oxygens (including phenoxy) is 1. The van der Waals surface area contributed by atoms with E-state index in [4.69, 9.17) is 4.74 Å². The first-order valence-electron chi connectivity index (χ1n) is 10.0. The maximum absolute atomic E-state index is 12.3. The number of pyridine rings is 1. The number of nitrogens with zero attached hydrogens (tertiary/aromatic N) is 4. The Morgan fingerprint density at radius 2 is 1.90 bits per heavy atom. The van der Waals surface area contributed by atoms with Gasteiger partial charge in [0, 0.05) is 24.8 Å². The van der Waals surface area contributed by atoms with Gasteiger partial charge in [-0.1, -0.05) is 25.2 Å². The summed E-state index contributed by atoms with van der Waals surface area (Å²) in [5.74, 6) is 7.13. The maximum atomic E-state index is 12.3. The summed E-state index contributed by atoms with van der Waals surface area (Å²) in [4.78, 5) is 15.2. The number of rotatable bonds is 6. The smallest absolute Gasteiger partial charge is 0.232 e. The van der Waals surface area contributed by atoms with Gasteiger partial charge in [0.15, 0.2) is 0 Å². The zero-order chi connectivity index (χ0) is 21.6. The molecule has 160 valence electrons. The van der Waals surface area contributed by atoms with Crippen LogP contribution in [-0.2, 0) is 14.8 Å². The van der Waals surface area contributed by atoms with Gasteiger partial charge in [0.1, 0.15) is 12.1 Å². The highest BCUT2D eigenvalue weighted by Crippen LogP contribution is 2.20. The summed E-state index contributed by atoms with van der Waals surface area (Å²) in [5.41, 5.74) is 3.22. The van der Waals surface area contributed by atoms with E-state index in [1.54, 1.807) is 25.5 Å². The highest BCUT2D eigenvalue weighted by molar-refractivity contribution is 7.92. The highest BCUT2D eigenvalue weighted by Gasteiger charge is 2.17. The van der Waals surface area contributed by atoms with Crippen molar-refractivity contribution in [3.8, 4) is 11.8 Å². The Hall–Kier alpha value is -2.70. The molecule has 0 bridgehead atoms. The van der Waals surface area contributed by atoms with Gasteiger partial charge in [-0.2, -0.15) is 0 Å². The Morgan fingerprint density at radius 1 is 1.13 bits per heavy atom. The van der Waals surface area contributed by atoms with E-state index in [0.29, 0.717) is 36.6 Å². The van der Waals surface area contributed by atoms with Crippen LogP contribution in [-0.4, -0.2) is 55.4 Å². The van der Waals surface area contributed by atoms with Gasteiger partial charge >= 0.3 is 0 Å². The Labute approximate surface area is 178 Å². The summed E-state index contributed by atoms with van der Waals surface area (Å²) in [6, 6.07) is 1.71. The number of aryl methyl sites for hydroxylation is 2. The van der Waals surface area contributed by atoms with Gasteiger partial charge in [0.25, 0.3) is 0 Å². The number of aromatic nitrogens is 3. The Balaban J connectivity index is 1.88. The molecule has 0 amide bonds. The lowest BCUT2D eigenvalue weighted by atomic mass is 10.1. The summed E-state index contributed by atoms with van der Waals surface area (Å²) < 4.78 is 32.6. The molecule has 1 N–H and O–H groups in total. The molecule has 1 fully saturated rings. The Bertz CT molecular complexity index is 1050. The summed E-state index contributed by atoms with van der Waals surface area (Å²) in [6.45, 7) is 8.43. The van der Waals surface area contributed by atoms with Crippen molar-refractivity contribution in [3.63, 3.8) is 0 Å². The van der Waals surface area contributed by atoms with Crippen molar-refractivity contribution in [1.82, 2.24) is 15.0 Å². The molecule has 0 spiro atoms. The minimum Gasteiger partial charge on any atom is -0.378 e. The predicted molar refractivity (Wildman–Crippen MR) is 117 cm³/mol. The van der Waals surface area contributed by atoms with Crippen molar-refractivity contribution < 1.29 is 13.2 Å². The SMILES string of the molecule is CCCCS(=O)(=O)Nc1cc(C#Cc2c(C)ncnc2N2CCOCC2)cnc1C. The quantitative estimate of drug-likeness (QED) is 0.704. The van der Waals surface area contributed by atoms with E-state index >= 15 is 0 Å². The van der Waals surface area contributed by atoms with Crippen LogP contribution >= 0.6 is 0 Å². The predicted octanol–water partition coefficient (Wildman–Crippen LogP) is 2.27. The second-order valence-corrected chi connectivity index (χ2v) is 8.98. The summed E-state index contributed by atoms with van der Waals surface area (Å²) in [5, 5.41) is 0. The van der Waals surface area contributed by atoms with Crippen molar-refractivity contribution in [3.05, 3.63) is 41.1 Å². The summed E-state index contributed by atoms with van der Waals surface area (Å²) in [7, 11) is -3.41. The first-order valence-corrected chi connectivity index (χ1v) is 11.7. The summed E-state index contributed by atoms with van der Waals surface area (Å²) in [6.07, 6.45) is 4.61. The Morgan fingerprint density at radius 3 is 2.63 bits per heavy atom. The standard InChI is InChI=1S/C21H27N5O3S/c1-4-5-12-30(27,28)25-20-13-18(14-22-17(20)3)6-7-19-16(2)23-15-24-21(19)26-8-10-29-11-9-26/h13-15,25H,4-5,8-12H2,1-3H3. The molecule has 3 rings (SSSR count). The zero-order valence-electron chi connectivity index (χ0n) is 17.6. The van der Waals surface area contributed by atoms with Crippen LogP contribution in [0.3, 0.4) is 0 Å². The molecule has 1 aliphatic rings. The fourth-order valence-corrected chi connectivity index (χ4v) is 4.33. The van der Waals surface area contributed by atoms with Crippen LogP contribution < -0.4 is 9.62 Å². The Kier molecular flexibility index (Phi) is 7.24. The van der Waals surface area contributed by atoms with E-state index in [2.05, 4.69) is 36.4 Å². The van der Waals surface area contributed by atoms with Gasteiger partial charge in [-0.05, 0) is 26.3 Å². The van der Waals surface area contributed by atoms with Gasteiger partial charge in [0.05, 0.1) is 41.6 Å². The van der Waals surface area contributed by atoms with E-state index in [0.717, 1.165) is 36.6 Å². The molecule has 2 aromatic rings. The normalized spacial score (nSPS) is 14.2. The third-order valence-electron chi connectivity index (χ3n) is 4.78. The van der Waals surface area contributed by atoms with Crippen molar-refractivity contribution in [2.45, 2.75) is 33.6 Å². The number of hydrogen-bond donors (Lipinski definition) is 1. The van der Waals surface area contributed by atoms with Gasteiger partial charge in [-0.15, -0.1) is 0 Å². The second kappa shape index (κ2) is 9.87. The fraction of sp³-hybridized carbons (Fsp3) is 0.476. The van der Waals surface area contributed by atoms with Crippen LogP contribution in [0.5, 0.6) is 0 Å². The van der Waals surface area contributed by atoms with Crippen LogP contribution in [0.15, 0.2) is 18.6 Å². The molecule has 8 nitrogen and oxygen atoms in total. The van der Waals surface area contributed by atoms with Gasteiger partial charge in [-0.25, -0.2) is 18.4 Å². The van der Waals surface area contributed by atoms with Gasteiger partial charge in [-0.3, -0.25) is 9.71 Å². The van der Waals surface area contributed by atoms with E-state index in [1.807, 2.05) is 13.8 Å². The van der Waals surface area contributed by atoms with Crippen molar-refractivity contribution in [1.29, 1.82) is 0 Å². The lowest BCUT2D eigenvalue weighted by molar-refractivity contribution is 0.122. The van der Waals surface area contributed by atoms with Gasteiger partial charge < -0.3 is 9.64 Å².